The van der Waals surface area contributed by atoms with Gasteiger partial charge in [-0.1, -0.05) is 18.2 Å². The zero-order chi connectivity index (χ0) is 14.8. The predicted octanol–water partition coefficient (Wildman–Crippen LogP) is 3.86. The third-order valence-electron chi connectivity index (χ3n) is 3.37. The predicted molar refractivity (Wildman–Crippen MR) is 83.5 cm³/mol. The van der Waals surface area contributed by atoms with Gasteiger partial charge in [-0.15, -0.1) is 0 Å². The van der Waals surface area contributed by atoms with E-state index in [-0.39, 0.29) is 0 Å². The SMILES string of the molecule is Cc1cc(Nc2nccc(C)c2C#N)c2ccccc2n1. The number of pyridine rings is 2. The summed E-state index contributed by atoms with van der Waals surface area (Å²) in [5.41, 5.74) is 4.22. The van der Waals surface area contributed by atoms with Gasteiger partial charge < -0.3 is 5.32 Å². The third kappa shape index (κ3) is 2.41. The number of hydrogen-bond acceptors (Lipinski definition) is 4. The average molecular weight is 274 g/mol. The number of anilines is 2. The molecule has 0 fully saturated rings. The Balaban J connectivity index is 2.15. The molecule has 2 aromatic heterocycles. The molecule has 0 saturated carbocycles. The molecule has 0 atom stereocenters. The van der Waals surface area contributed by atoms with Gasteiger partial charge in [0.2, 0.25) is 0 Å². The number of fused-ring (bicyclic) bond motifs is 1. The fourth-order valence-electron chi connectivity index (χ4n) is 2.33. The Morgan fingerprint density at radius 2 is 1.95 bits per heavy atom. The molecular weight excluding hydrogens is 260 g/mol. The van der Waals surface area contributed by atoms with Gasteiger partial charge in [0.1, 0.15) is 11.9 Å². The van der Waals surface area contributed by atoms with Crippen molar-refractivity contribution < 1.29 is 0 Å². The van der Waals surface area contributed by atoms with Crippen LogP contribution in [-0.4, -0.2) is 9.97 Å². The summed E-state index contributed by atoms with van der Waals surface area (Å²) in [6.07, 6.45) is 1.70. The summed E-state index contributed by atoms with van der Waals surface area (Å²) >= 11 is 0. The molecule has 0 aliphatic rings. The van der Waals surface area contributed by atoms with Crippen molar-refractivity contribution in [3.63, 3.8) is 0 Å². The Hall–Kier alpha value is -2.93. The Morgan fingerprint density at radius 3 is 2.76 bits per heavy atom. The Labute approximate surface area is 123 Å². The lowest BCUT2D eigenvalue weighted by atomic mass is 10.1. The van der Waals surface area contributed by atoms with Crippen molar-refractivity contribution in [1.29, 1.82) is 5.26 Å². The van der Waals surface area contributed by atoms with Crippen molar-refractivity contribution in [2.45, 2.75) is 13.8 Å². The van der Waals surface area contributed by atoms with Gasteiger partial charge in [0, 0.05) is 17.3 Å². The molecule has 3 aromatic rings. The summed E-state index contributed by atoms with van der Waals surface area (Å²) in [4.78, 5) is 8.80. The summed E-state index contributed by atoms with van der Waals surface area (Å²) in [5, 5.41) is 13.6. The largest absolute Gasteiger partial charge is 0.339 e. The molecule has 4 nitrogen and oxygen atoms in total. The summed E-state index contributed by atoms with van der Waals surface area (Å²) in [5.74, 6) is 0.577. The minimum Gasteiger partial charge on any atom is -0.339 e. The first kappa shape index (κ1) is 13.1. The number of benzene rings is 1. The van der Waals surface area contributed by atoms with E-state index in [0.717, 1.165) is 27.8 Å². The first-order valence-corrected chi connectivity index (χ1v) is 6.68. The van der Waals surface area contributed by atoms with Crippen molar-refractivity contribution in [3.05, 3.63) is 59.4 Å². The van der Waals surface area contributed by atoms with E-state index in [1.54, 1.807) is 6.20 Å². The number of nitrogens with zero attached hydrogens (tertiary/aromatic N) is 3. The summed E-state index contributed by atoms with van der Waals surface area (Å²) in [7, 11) is 0. The first-order chi connectivity index (χ1) is 10.2. The Morgan fingerprint density at radius 1 is 1.14 bits per heavy atom. The van der Waals surface area contributed by atoms with E-state index >= 15 is 0 Å². The van der Waals surface area contributed by atoms with E-state index in [1.165, 1.54) is 0 Å². The number of aryl methyl sites for hydroxylation is 2. The molecule has 0 spiro atoms. The molecule has 0 bridgehead atoms. The van der Waals surface area contributed by atoms with Gasteiger partial charge in [-0.2, -0.15) is 5.26 Å². The van der Waals surface area contributed by atoms with Crippen LogP contribution >= 0.6 is 0 Å². The van der Waals surface area contributed by atoms with Gasteiger partial charge in [0.15, 0.2) is 0 Å². The molecule has 0 radical (unpaired) electrons. The number of aromatic nitrogens is 2. The van der Waals surface area contributed by atoms with Crippen LogP contribution in [0.1, 0.15) is 16.8 Å². The van der Waals surface area contributed by atoms with E-state index in [9.17, 15) is 5.26 Å². The summed E-state index contributed by atoms with van der Waals surface area (Å²) in [6.45, 7) is 3.85. The normalized spacial score (nSPS) is 10.3. The van der Waals surface area contributed by atoms with Gasteiger partial charge in [-0.25, -0.2) is 4.98 Å². The molecule has 0 aliphatic carbocycles. The summed E-state index contributed by atoms with van der Waals surface area (Å²) in [6, 6.07) is 13.9. The van der Waals surface area contributed by atoms with Crippen LogP contribution in [0.4, 0.5) is 11.5 Å². The van der Waals surface area contributed by atoms with Crippen molar-refractivity contribution in [1.82, 2.24) is 9.97 Å². The lowest BCUT2D eigenvalue weighted by Crippen LogP contribution is -2.00. The van der Waals surface area contributed by atoms with Crippen molar-refractivity contribution in [3.8, 4) is 6.07 Å². The zero-order valence-electron chi connectivity index (χ0n) is 11.9. The lowest BCUT2D eigenvalue weighted by Gasteiger charge is -2.12. The van der Waals surface area contributed by atoms with Crippen LogP contribution in [0.5, 0.6) is 0 Å². The van der Waals surface area contributed by atoms with Crippen LogP contribution < -0.4 is 5.32 Å². The molecule has 1 aromatic carbocycles. The van der Waals surface area contributed by atoms with Gasteiger partial charge in [0.25, 0.3) is 0 Å². The monoisotopic (exact) mass is 274 g/mol. The molecule has 2 heterocycles. The van der Waals surface area contributed by atoms with E-state index in [1.807, 2.05) is 50.2 Å². The number of nitrogens with one attached hydrogen (secondary N) is 1. The zero-order valence-corrected chi connectivity index (χ0v) is 11.9. The molecule has 0 unspecified atom stereocenters. The van der Waals surface area contributed by atoms with E-state index < -0.39 is 0 Å². The van der Waals surface area contributed by atoms with E-state index in [4.69, 9.17) is 0 Å². The summed E-state index contributed by atoms with van der Waals surface area (Å²) < 4.78 is 0. The highest BCUT2D eigenvalue weighted by atomic mass is 15.0. The van der Waals surface area contributed by atoms with Gasteiger partial charge in [-0.05, 0) is 37.6 Å². The molecule has 3 rings (SSSR count). The van der Waals surface area contributed by atoms with Crippen LogP contribution in [0, 0.1) is 25.2 Å². The fourth-order valence-corrected chi connectivity index (χ4v) is 2.33. The Kier molecular flexibility index (Phi) is 3.25. The van der Waals surface area contributed by atoms with Crippen LogP contribution in [0.25, 0.3) is 10.9 Å². The van der Waals surface area contributed by atoms with Gasteiger partial charge in [0.05, 0.1) is 16.8 Å². The standard InChI is InChI=1S/C17H14N4/c1-11-7-8-19-17(14(11)10-18)21-16-9-12(2)20-15-6-4-3-5-13(15)16/h3-9H,1-2H3,(H,19,20,21). The highest BCUT2D eigenvalue weighted by Gasteiger charge is 2.09. The Bertz CT molecular complexity index is 862. The van der Waals surface area contributed by atoms with Crippen molar-refractivity contribution in [2.24, 2.45) is 0 Å². The molecule has 0 saturated heterocycles. The average Bonchev–Trinajstić information content (AvgIpc) is 2.47. The molecule has 4 heteroatoms. The second kappa shape index (κ2) is 5.22. The highest BCUT2D eigenvalue weighted by Crippen LogP contribution is 2.27. The minimum atomic E-state index is 0.566. The number of nitriles is 1. The van der Waals surface area contributed by atoms with Crippen molar-refractivity contribution in [2.75, 3.05) is 5.32 Å². The minimum absolute atomic E-state index is 0.566. The van der Waals surface area contributed by atoms with Crippen LogP contribution in [0.3, 0.4) is 0 Å². The molecular formula is C17H14N4. The fraction of sp³-hybridized carbons (Fsp3) is 0.118. The first-order valence-electron chi connectivity index (χ1n) is 6.68. The topological polar surface area (TPSA) is 61.6 Å². The second-order valence-electron chi connectivity index (χ2n) is 4.92. The van der Waals surface area contributed by atoms with E-state index in [2.05, 4.69) is 21.4 Å². The molecule has 102 valence electrons. The smallest absolute Gasteiger partial charge is 0.148 e. The lowest BCUT2D eigenvalue weighted by molar-refractivity contribution is 1.23. The number of rotatable bonds is 2. The van der Waals surface area contributed by atoms with E-state index in [0.29, 0.717) is 11.4 Å². The van der Waals surface area contributed by atoms with Crippen LogP contribution in [0.2, 0.25) is 0 Å². The maximum absolute atomic E-state index is 9.30. The van der Waals surface area contributed by atoms with Crippen molar-refractivity contribution >= 4 is 22.4 Å². The van der Waals surface area contributed by atoms with Gasteiger partial charge in [-0.3, -0.25) is 4.98 Å². The van der Waals surface area contributed by atoms with Gasteiger partial charge >= 0.3 is 0 Å². The number of hydrogen-bond donors (Lipinski definition) is 1. The molecule has 0 amide bonds. The second-order valence-corrected chi connectivity index (χ2v) is 4.92. The highest BCUT2D eigenvalue weighted by molar-refractivity contribution is 5.93. The molecule has 1 N–H and O–H groups in total. The number of para-hydroxylation sites is 1. The van der Waals surface area contributed by atoms with Crippen LogP contribution in [0.15, 0.2) is 42.6 Å². The quantitative estimate of drug-likeness (QED) is 0.770. The maximum atomic E-state index is 9.30. The third-order valence-corrected chi connectivity index (χ3v) is 3.37. The molecule has 21 heavy (non-hydrogen) atoms. The maximum Gasteiger partial charge on any atom is 0.148 e. The van der Waals surface area contributed by atoms with Crippen LogP contribution in [-0.2, 0) is 0 Å². The molecule has 0 aliphatic heterocycles.